The Labute approximate surface area is 173 Å². The number of carbonyl (C=O) groups is 3. The van der Waals surface area contributed by atoms with Crippen LogP contribution in [0.15, 0.2) is 67.0 Å². The molecule has 2 aromatic carbocycles. The minimum atomic E-state index is -0.984. The van der Waals surface area contributed by atoms with Crippen molar-refractivity contribution in [2.24, 2.45) is 7.05 Å². The van der Waals surface area contributed by atoms with Crippen LogP contribution in [-0.4, -0.2) is 33.3 Å². The van der Waals surface area contributed by atoms with Gasteiger partial charge in [0.25, 0.3) is 5.91 Å². The average Bonchev–Trinajstić information content (AvgIpc) is 3.13. The predicted molar refractivity (Wildman–Crippen MR) is 111 cm³/mol. The molecule has 0 saturated heterocycles. The minimum absolute atomic E-state index is 0.195. The van der Waals surface area contributed by atoms with Gasteiger partial charge in [-0.15, -0.1) is 0 Å². The SMILES string of the molecule is Cn1ccnc1[C@H](NC(=O)C[C@@H]1NC(=O)c2ccccc2NC1=O)c1ccccc1. The third-order valence-electron chi connectivity index (χ3n) is 5.00. The van der Waals surface area contributed by atoms with E-state index in [9.17, 15) is 14.4 Å². The van der Waals surface area contributed by atoms with Crippen molar-refractivity contribution >= 4 is 23.4 Å². The lowest BCUT2D eigenvalue weighted by Gasteiger charge is -2.21. The molecule has 30 heavy (non-hydrogen) atoms. The average molecular weight is 403 g/mol. The Balaban J connectivity index is 1.52. The summed E-state index contributed by atoms with van der Waals surface area (Å²) in [6.45, 7) is 0. The zero-order valence-electron chi connectivity index (χ0n) is 16.3. The topological polar surface area (TPSA) is 105 Å². The molecule has 3 N–H and O–H groups in total. The van der Waals surface area contributed by atoms with Crippen LogP contribution < -0.4 is 16.0 Å². The predicted octanol–water partition coefficient (Wildman–Crippen LogP) is 1.77. The molecule has 152 valence electrons. The molecule has 0 aliphatic carbocycles. The molecule has 1 aliphatic rings. The number of carbonyl (C=O) groups excluding carboxylic acids is 3. The maximum Gasteiger partial charge on any atom is 0.254 e. The second kappa shape index (κ2) is 8.20. The number of amides is 3. The summed E-state index contributed by atoms with van der Waals surface area (Å²) < 4.78 is 1.83. The summed E-state index contributed by atoms with van der Waals surface area (Å²) in [5.41, 5.74) is 1.66. The Bertz CT molecular complexity index is 1090. The summed E-state index contributed by atoms with van der Waals surface area (Å²) in [6.07, 6.45) is 3.26. The van der Waals surface area contributed by atoms with E-state index in [0.29, 0.717) is 17.1 Å². The lowest BCUT2D eigenvalue weighted by atomic mass is 10.1. The maximum absolute atomic E-state index is 12.9. The van der Waals surface area contributed by atoms with Crippen molar-refractivity contribution in [3.63, 3.8) is 0 Å². The Morgan fingerprint density at radius 3 is 2.60 bits per heavy atom. The van der Waals surface area contributed by atoms with E-state index in [1.54, 1.807) is 36.7 Å². The molecule has 0 spiro atoms. The van der Waals surface area contributed by atoms with Gasteiger partial charge in [-0.3, -0.25) is 14.4 Å². The summed E-state index contributed by atoms with van der Waals surface area (Å²) in [5, 5.41) is 8.30. The van der Waals surface area contributed by atoms with Gasteiger partial charge in [0.05, 0.1) is 17.7 Å². The monoisotopic (exact) mass is 403 g/mol. The number of aryl methyl sites for hydroxylation is 1. The van der Waals surface area contributed by atoms with Crippen LogP contribution in [0, 0.1) is 0 Å². The number of imidazole rings is 1. The first-order chi connectivity index (χ1) is 14.5. The first kappa shape index (κ1) is 19.4. The smallest absolute Gasteiger partial charge is 0.254 e. The van der Waals surface area contributed by atoms with E-state index >= 15 is 0 Å². The van der Waals surface area contributed by atoms with Gasteiger partial charge in [-0.05, 0) is 17.7 Å². The van der Waals surface area contributed by atoms with Crippen molar-refractivity contribution in [1.82, 2.24) is 20.2 Å². The molecule has 3 aromatic rings. The van der Waals surface area contributed by atoms with Gasteiger partial charge >= 0.3 is 0 Å². The molecule has 8 heteroatoms. The van der Waals surface area contributed by atoms with E-state index in [1.807, 2.05) is 41.9 Å². The Kier molecular flexibility index (Phi) is 5.30. The summed E-state index contributed by atoms with van der Waals surface area (Å²) in [4.78, 5) is 42.3. The van der Waals surface area contributed by atoms with Gasteiger partial charge in [0.1, 0.15) is 17.9 Å². The molecule has 0 unspecified atom stereocenters. The van der Waals surface area contributed by atoms with E-state index in [4.69, 9.17) is 0 Å². The van der Waals surface area contributed by atoms with Crippen LogP contribution >= 0.6 is 0 Å². The van der Waals surface area contributed by atoms with Crippen LogP contribution in [0.4, 0.5) is 5.69 Å². The molecule has 0 saturated carbocycles. The second-order valence-electron chi connectivity index (χ2n) is 7.07. The number of fused-ring (bicyclic) bond motifs is 1. The largest absolute Gasteiger partial charge is 0.342 e. The third-order valence-corrected chi connectivity index (χ3v) is 5.00. The van der Waals surface area contributed by atoms with Crippen LogP contribution in [0.3, 0.4) is 0 Å². The highest BCUT2D eigenvalue weighted by molar-refractivity contribution is 6.10. The standard InChI is InChI=1S/C22H21N5O3/c1-27-12-11-23-20(27)19(14-7-3-2-4-8-14)26-18(28)13-17-22(30)24-16-10-6-5-9-15(16)21(29)25-17/h2-12,17,19H,13H2,1H3,(H,24,30)(H,25,29)(H,26,28)/t17-,19+/m0/s1. The van der Waals surface area contributed by atoms with E-state index < -0.39 is 23.9 Å². The lowest BCUT2D eigenvalue weighted by Crippen LogP contribution is -2.45. The number of nitrogens with zero attached hydrogens (tertiary/aromatic N) is 2. The Morgan fingerprint density at radius 2 is 1.87 bits per heavy atom. The van der Waals surface area contributed by atoms with Crippen molar-refractivity contribution in [1.29, 1.82) is 0 Å². The molecule has 3 amide bonds. The van der Waals surface area contributed by atoms with Crippen LogP contribution in [0.25, 0.3) is 0 Å². The van der Waals surface area contributed by atoms with Crippen molar-refractivity contribution < 1.29 is 14.4 Å². The van der Waals surface area contributed by atoms with E-state index in [-0.39, 0.29) is 12.3 Å². The fourth-order valence-corrected chi connectivity index (χ4v) is 3.46. The van der Waals surface area contributed by atoms with Gasteiger partial charge in [-0.1, -0.05) is 42.5 Å². The zero-order valence-corrected chi connectivity index (χ0v) is 16.3. The van der Waals surface area contributed by atoms with E-state index in [2.05, 4.69) is 20.9 Å². The van der Waals surface area contributed by atoms with Crippen LogP contribution in [-0.2, 0) is 16.6 Å². The van der Waals surface area contributed by atoms with Crippen molar-refractivity contribution in [2.75, 3.05) is 5.32 Å². The molecule has 4 rings (SSSR count). The quantitative estimate of drug-likeness (QED) is 0.604. The molecule has 0 fully saturated rings. The highest BCUT2D eigenvalue weighted by Gasteiger charge is 2.30. The number of hydrogen-bond donors (Lipinski definition) is 3. The first-order valence-corrected chi connectivity index (χ1v) is 9.55. The number of anilines is 1. The molecule has 2 heterocycles. The third kappa shape index (κ3) is 3.93. The number of aromatic nitrogens is 2. The fourth-order valence-electron chi connectivity index (χ4n) is 3.46. The number of para-hydroxylation sites is 1. The molecule has 0 bridgehead atoms. The first-order valence-electron chi connectivity index (χ1n) is 9.55. The van der Waals surface area contributed by atoms with E-state index in [1.165, 1.54) is 0 Å². The van der Waals surface area contributed by atoms with Crippen molar-refractivity contribution in [3.8, 4) is 0 Å². The normalized spacial score (nSPS) is 16.6. The van der Waals surface area contributed by atoms with Crippen LogP contribution in [0.5, 0.6) is 0 Å². The zero-order chi connectivity index (χ0) is 21.1. The molecule has 1 aliphatic heterocycles. The number of benzene rings is 2. The van der Waals surface area contributed by atoms with Crippen LogP contribution in [0.2, 0.25) is 0 Å². The summed E-state index contributed by atoms with van der Waals surface area (Å²) in [5.74, 6) is -0.545. The van der Waals surface area contributed by atoms with Crippen LogP contribution in [0.1, 0.15) is 34.2 Å². The highest BCUT2D eigenvalue weighted by Crippen LogP contribution is 2.22. The summed E-state index contributed by atoms with van der Waals surface area (Å²) in [6, 6.07) is 14.7. The molecular formula is C22H21N5O3. The Morgan fingerprint density at radius 1 is 1.13 bits per heavy atom. The van der Waals surface area contributed by atoms with Gasteiger partial charge in [0.2, 0.25) is 11.8 Å². The van der Waals surface area contributed by atoms with Gasteiger partial charge < -0.3 is 20.5 Å². The molecule has 1 aromatic heterocycles. The van der Waals surface area contributed by atoms with Gasteiger partial charge in [0.15, 0.2) is 0 Å². The summed E-state index contributed by atoms with van der Waals surface area (Å²) in [7, 11) is 1.85. The van der Waals surface area contributed by atoms with Gasteiger partial charge in [-0.2, -0.15) is 0 Å². The van der Waals surface area contributed by atoms with Crippen molar-refractivity contribution in [3.05, 3.63) is 83.9 Å². The number of hydrogen-bond acceptors (Lipinski definition) is 4. The minimum Gasteiger partial charge on any atom is -0.342 e. The number of rotatable bonds is 5. The Hall–Kier alpha value is -3.94. The van der Waals surface area contributed by atoms with Gasteiger partial charge in [0, 0.05) is 19.4 Å². The molecule has 2 atom stereocenters. The highest BCUT2D eigenvalue weighted by atomic mass is 16.2. The second-order valence-corrected chi connectivity index (χ2v) is 7.07. The van der Waals surface area contributed by atoms with Crippen molar-refractivity contribution in [2.45, 2.75) is 18.5 Å². The van der Waals surface area contributed by atoms with E-state index in [0.717, 1.165) is 5.56 Å². The fraction of sp³-hybridized carbons (Fsp3) is 0.182. The number of nitrogens with one attached hydrogen (secondary N) is 3. The molecule has 8 nitrogen and oxygen atoms in total. The molecule has 0 radical (unpaired) electrons. The lowest BCUT2D eigenvalue weighted by molar-refractivity contribution is -0.126. The maximum atomic E-state index is 12.9. The van der Waals surface area contributed by atoms with Gasteiger partial charge in [-0.25, -0.2) is 4.98 Å². The molecular weight excluding hydrogens is 382 g/mol. The summed E-state index contributed by atoms with van der Waals surface area (Å²) >= 11 is 0.